The predicted octanol–water partition coefficient (Wildman–Crippen LogP) is 0.0112. The van der Waals surface area contributed by atoms with E-state index in [9.17, 15) is 0 Å². The number of ether oxygens (including phenoxy) is 1. The Bertz CT molecular complexity index is 338. The zero-order valence-electron chi connectivity index (χ0n) is 10.2. The molecule has 2 atom stereocenters. The summed E-state index contributed by atoms with van der Waals surface area (Å²) in [6.07, 6.45) is 2.14. The van der Waals surface area contributed by atoms with Crippen LogP contribution in [0.1, 0.15) is 11.7 Å². The van der Waals surface area contributed by atoms with E-state index in [-0.39, 0.29) is 12.1 Å². The van der Waals surface area contributed by atoms with E-state index in [1.807, 2.05) is 31.0 Å². The van der Waals surface area contributed by atoms with Crippen molar-refractivity contribution in [3.05, 3.63) is 18.0 Å². The van der Waals surface area contributed by atoms with Crippen molar-refractivity contribution >= 4 is 0 Å². The average Bonchev–Trinajstić information content (AvgIpc) is 2.66. The molecule has 1 fully saturated rings. The first-order valence-corrected chi connectivity index (χ1v) is 5.67. The lowest BCUT2D eigenvalue weighted by molar-refractivity contribution is -0.0387. The molecule has 5 heteroatoms. The minimum atomic E-state index is 0.170. The Hall–Kier alpha value is -0.910. The van der Waals surface area contributed by atoms with Gasteiger partial charge in [-0.25, -0.2) is 0 Å². The maximum atomic E-state index is 5.81. The molecule has 0 radical (unpaired) electrons. The quantitative estimate of drug-likeness (QED) is 0.785. The molecule has 2 rings (SSSR count). The van der Waals surface area contributed by atoms with Crippen molar-refractivity contribution < 1.29 is 4.74 Å². The summed E-state index contributed by atoms with van der Waals surface area (Å²) >= 11 is 0. The summed E-state index contributed by atoms with van der Waals surface area (Å²) in [5, 5.41) is 7.73. The normalized spacial score (nSPS) is 24.6. The topological polar surface area (TPSA) is 42.3 Å². The molecule has 0 aliphatic carbocycles. The summed E-state index contributed by atoms with van der Waals surface area (Å²) in [6.45, 7) is 2.75. The van der Waals surface area contributed by atoms with Crippen LogP contribution in [0.4, 0.5) is 0 Å². The third-order valence-corrected chi connectivity index (χ3v) is 3.03. The van der Waals surface area contributed by atoms with Gasteiger partial charge in [0.05, 0.1) is 24.4 Å². The molecular weight excluding hydrogens is 204 g/mol. The molecular formula is C11H20N4O. The molecule has 2 unspecified atom stereocenters. The Morgan fingerprint density at radius 3 is 2.94 bits per heavy atom. The molecule has 90 valence electrons. The number of nitrogens with zero attached hydrogens (tertiary/aromatic N) is 3. The lowest BCUT2D eigenvalue weighted by atomic mass is 10.1. The monoisotopic (exact) mass is 224 g/mol. The van der Waals surface area contributed by atoms with E-state index in [0.717, 1.165) is 25.4 Å². The van der Waals surface area contributed by atoms with Crippen molar-refractivity contribution in [2.45, 2.75) is 12.1 Å². The molecule has 1 aliphatic heterocycles. The Balaban J connectivity index is 2.09. The van der Waals surface area contributed by atoms with E-state index in [2.05, 4.69) is 22.4 Å². The van der Waals surface area contributed by atoms with E-state index in [0.29, 0.717) is 0 Å². The number of morpholine rings is 1. The molecule has 2 heterocycles. The maximum Gasteiger partial charge on any atom is 0.0912 e. The van der Waals surface area contributed by atoms with Crippen molar-refractivity contribution in [1.82, 2.24) is 20.0 Å². The molecule has 1 saturated heterocycles. The first-order valence-electron chi connectivity index (χ1n) is 5.67. The van der Waals surface area contributed by atoms with Crippen molar-refractivity contribution in [2.75, 3.05) is 33.8 Å². The van der Waals surface area contributed by atoms with E-state index >= 15 is 0 Å². The molecule has 0 aromatic carbocycles. The van der Waals surface area contributed by atoms with Crippen molar-refractivity contribution in [3.63, 3.8) is 0 Å². The molecule has 1 N–H and O–H groups in total. The third kappa shape index (κ3) is 2.42. The van der Waals surface area contributed by atoms with Gasteiger partial charge in [0.15, 0.2) is 0 Å². The smallest absolute Gasteiger partial charge is 0.0912 e. The largest absolute Gasteiger partial charge is 0.374 e. The van der Waals surface area contributed by atoms with Crippen LogP contribution < -0.4 is 5.32 Å². The van der Waals surface area contributed by atoms with Crippen molar-refractivity contribution in [3.8, 4) is 0 Å². The zero-order chi connectivity index (χ0) is 11.5. The summed E-state index contributed by atoms with van der Waals surface area (Å²) < 4.78 is 7.64. The van der Waals surface area contributed by atoms with Crippen LogP contribution in [0, 0.1) is 0 Å². The molecule has 16 heavy (non-hydrogen) atoms. The molecule has 0 bridgehead atoms. The number of rotatable bonds is 3. The Morgan fingerprint density at radius 2 is 2.38 bits per heavy atom. The lowest BCUT2D eigenvalue weighted by Gasteiger charge is -2.34. The van der Waals surface area contributed by atoms with Crippen LogP contribution in [0.25, 0.3) is 0 Å². The predicted molar refractivity (Wildman–Crippen MR) is 62.2 cm³/mol. The zero-order valence-corrected chi connectivity index (χ0v) is 10.2. The van der Waals surface area contributed by atoms with E-state index in [1.54, 1.807) is 0 Å². The first-order chi connectivity index (χ1) is 7.70. The lowest BCUT2D eigenvalue weighted by Crippen LogP contribution is -2.46. The van der Waals surface area contributed by atoms with Crippen LogP contribution in [-0.2, 0) is 11.8 Å². The number of hydrogen-bond acceptors (Lipinski definition) is 4. The molecule has 1 aliphatic rings. The highest BCUT2D eigenvalue weighted by Gasteiger charge is 2.28. The van der Waals surface area contributed by atoms with Gasteiger partial charge in [0.1, 0.15) is 0 Å². The van der Waals surface area contributed by atoms with Gasteiger partial charge in [-0.3, -0.25) is 4.68 Å². The van der Waals surface area contributed by atoms with Crippen LogP contribution in [-0.4, -0.2) is 54.6 Å². The summed E-state index contributed by atoms with van der Waals surface area (Å²) in [5.74, 6) is 0. The van der Waals surface area contributed by atoms with E-state index in [1.165, 1.54) is 0 Å². The van der Waals surface area contributed by atoms with Gasteiger partial charge in [-0.2, -0.15) is 5.10 Å². The highest BCUT2D eigenvalue weighted by molar-refractivity contribution is 5.08. The summed E-state index contributed by atoms with van der Waals surface area (Å²) in [7, 11) is 6.02. The Morgan fingerprint density at radius 1 is 1.56 bits per heavy atom. The van der Waals surface area contributed by atoms with Gasteiger partial charge >= 0.3 is 0 Å². The summed E-state index contributed by atoms with van der Waals surface area (Å²) in [6, 6.07) is 2.21. The van der Waals surface area contributed by atoms with Crippen LogP contribution in [0.2, 0.25) is 0 Å². The van der Waals surface area contributed by atoms with Gasteiger partial charge in [-0.05, 0) is 20.2 Å². The molecule has 1 aromatic rings. The van der Waals surface area contributed by atoms with Crippen molar-refractivity contribution in [1.29, 1.82) is 0 Å². The standard InChI is InChI=1S/C11H20N4O/c1-12-11(9-4-5-15(3)13-9)10-8-14(2)6-7-16-10/h4-5,10-12H,6-8H2,1-3H3. The fourth-order valence-electron chi connectivity index (χ4n) is 2.14. The number of likely N-dealkylation sites (N-methyl/N-ethyl adjacent to an activating group) is 2. The Labute approximate surface area is 96.4 Å². The Kier molecular flexibility index (Phi) is 3.58. The van der Waals surface area contributed by atoms with Gasteiger partial charge in [-0.15, -0.1) is 0 Å². The maximum absolute atomic E-state index is 5.81. The molecule has 0 amide bonds. The molecule has 5 nitrogen and oxygen atoms in total. The van der Waals surface area contributed by atoms with Crippen LogP contribution in [0.15, 0.2) is 12.3 Å². The van der Waals surface area contributed by atoms with E-state index in [4.69, 9.17) is 4.74 Å². The van der Waals surface area contributed by atoms with Gasteiger partial charge in [0.2, 0.25) is 0 Å². The van der Waals surface area contributed by atoms with Gasteiger partial charge in [0, 0.05) is 26.3 Å². The minimum Gasteiger partial charge on any atom is -0.374 e. The second-order valence-corrected chi connectivity index (χ2v) is 4.35. The minimum absolute atomic E-state index is 0.170. The first kappa shape index (κ1) is 11.6. The fraction of sp³-hybridized carbons (Fsp3) is 0.727. The number of aryl methyl sites for hydroxylation is 1. The third-order valence-electron chi connectivity index (χ3n) is 3.03. The van der Waals surface area contributed by atoms with E-state index < -0.39 is 0 Å². The second kappa shape index (κ2) is 4.95. The molecule has 1 aromatic heterocycles. The summed E-state index contributed by atoms with van der Waals surface area (Å²) in [5.41, 5.74) is 1.05. The van der Waals surface area contributed by atoms with Crippen LogP contribution in [0.5, 0.6) is 0 Å². The SMILES string of the molecule is CNC(c1ccn(C)n1)C1CN(C)CCO1. The molecule has 0 spiro atoms. The van der Waals surface area contributed by atoms with Gasteiger partial charge < -0.3 is 15.0 Å². The molecule has 0 saturated carbocycles. The number of aromatic nitrogens is 2. The number of nitrogens with one attached hydrogen (secondary N) is 1. The number of hydrogen-bond donors (Lipinski definition) is 1. The second-order valence-electron chi connectivity index (χ2n) is 4.35. The van der Waals surface area contributed by atoms with Gasteiger partial charge in [0.25, 0.3) is 0 Å². The average molecular weight is 224 g/mol. The van der Waals surface area contributed by atoms with Crippen LogP contribution in [0.3, 0.4) is 0 Å². The van der Waals surface area contributed by atoms with Gasteiger partial charge in [-0.1, -0.05) is 0 Å². The summed E-state index contributed by atoms with van der Waals surface area (Å²) in [4.78, 5) is 2.29. The highest BCUT2D eigenvalue weighted by Crippen LogP contribution is 2.20. The highest BCUT2D eigenvalue weighted by atomic mass is 16.5. The van der Waals surface area contributed by atoms with Crippen LogP contribution >= 0.6 is 0 Å². The van der Waals surface area contributed by atoms with Crippen molar-refractivity contribution in [2.24, 2.45) is 7.05 Å². The fourth-order valence-corrected chi connectivity index (χ4v) is 2.14.